The Bertz CT molecular complexity index is 1420. The van der Waals surface area contributed by atoms with Crippen LogP contribution in [0, 0.1) is 6.92 Å². The van der Waals surface area contributed by atoms with Crippen molar-refractivity contribution in [3.8, 4) is 0 Å². The van der Waals surface area contributed by atoms with Crippen LogP contribution in [0.5, 0.6) is 0 Å². The van der Waals surface area contributed by atoms with Gasteiger partial charge in [-0.1, -0.05) is 30.3 Å². The molecule has 2 aliphatic rings. The molecule has 0 unspecified atom stereocenters. The van der Waals surface area contributed by atoms with Gasteiger partial charge in [0.15, 0.2) is 0 Å². The Morgan fingerprint density at radius 1 is 0.975 bits per heavy atom. The minimum absolute atomic E-state index is 0.0999. The van der Waals surface area contributed by atoms with Gasteiger partial charge < -0.3 is 25.8 Å². The smallest absolute Gasteiger partial charge is 0.258 e. The predicted octanol–water partition coefficient (Wildman–Crippen LogP) is 4.11. The minimum Gasteiger partial charge on any atom is -0.354 e. The molecule has 0 atom stereocenters. The molecule has 2 aliphatic heterocycles. The average molecular weight is 538 g/mol. The monoisotopic (exact) mass is 537 g/mol. The molecule has 3 N–H and O–H groups in total. The van der Waals surface area contributed by atoms with Gasteiger partial charge in [0.05, 0.1) is 11.3 Å². The number of aryl methyl sites for hydroxylation is 1. The second kappa shape index (κ2) is 12.3. The van der Waals surface area contributed by atoms with Crippen LogP contribution >= 0.6 is 0 Å². The molecule has 1 fully saturated rings. The molecule has 2 amide bonds. The van der Waals surface area contributed by atoms with Gasteiger partial charge in [-0.05, 0) is 74.5 Å². The molecular formula is C32H35N5O3. The SMILES string of the molecule is Cc1cc2c(cc1C=O)NC(=O)/C2=C(\Nc1ccc(C(=O)NCCCN2CCN(C)CC2)cc1)c1ccccc1. The predicted molar refractivity (Wildman–Crippen MR) is 159 cm³/mol. The Labute approximate surface area is 235 Å². The summed E-state index contributed by atoms with van der Waals surface area (Å²) in [7, 11) is 2.15. The third-order valence-electron chi connectivity index (χ3n) is 7.54. The van der Waals surface area contributed by atoms with Crippen LogP contribution in [-0.4, -0.2) is 74.2 Å². The van der Waals surface area contributed by atoms with E-state index in [1.54, 1.807) is 18.2 Å². The van der Waals surface area contributed by atoms with Gasteiger partial charge in [-0.25, -0.2) is 0 Å². The van der Waals surface area contributed by atoms with Crippen LogP contribution in [0.1, 0.15) is 43.8 Å². The summed E-state index contributed by atoms with van der Waals surface area (Å²) in [5.41, 5.74) is 6.03. The van der Waals surface area contributed by atoms with Crippen molar-refractivity contribution in [2.45, 2.75) is 13.3 Å². The lowest BCUT2D eigenvalue weighted by Crippen LogP contribution is -2.45. The van der Waals surface area contributed by atoms with Gasteiger partial charge in [0, 0.05) is 60.8 Å². The fourth-order valence-electron chi connectivity index (χ4n) is 5.13. The lowest BCUT2D eigenvalue weighted by molar-refractivity contribution is -0.110. The summed E-state index contributed by atoms with van der Waals surface area (Å²) in [4.78, 5) is 42.1. The van der Waals surface area contributed by atoms with Crippen LogP contribution < -0.4 is 16.0 Å². The molecule has 0 saturated carbocycles. The zero-order valence-corrected chi connectivity index (χ0v) is 23.0. The largest absolute Gasteiger partial charge is 0.354 e. The number of fused-ring (bicyclic) bond motifs is 1. The number of nitrogens with one attached hydrogen (secondary N) is 3. The van der Waals surface area contributed by atoms with E-state index < -0.39 is 0 Å². The third kappa shape index (κ3) is 6.14. The highest BCUT2D eigenvalue weighted by atomic mass is 16.2. The Morgan fingerprint density at radius 3 is 2.40 bits per heavy atom. The fourth-order valence-corrected chi connectivity index (χ4v) is 5.13. The Morgan fingerprint density at radius 2 is 1.70 bits per heavy atom. The third-order valence-corrected chi connectivity index (χ3v) is 7.54. The number of hydrogen-bond acceptors (Lipinski definition) is 6. The van der Waals surface area contributed by atoms with Crippen LogP contribution in [0.25, 0.3) is 11.3 Å². The molecule has 3 aromatic rings. The first-order valence-corrected chi connectivity index (χ1v) is 13.7. The summed E-state index contributed by atoms with van der Waals surface area (Å²) < 4.78 is 0. The van der Waals surface area contributed by atoms with Crippen LogP contribution in [-0.2, 0) is 4.79 Å². The molecular weight excluding hydrogens is 502 g/mol. The van der Waals surface area contributed by atoms with E-state index in [-0.39, 0.29) is 11.8 Å². The van der Waals surface area contributed by atoms with Crippen molar-refractivity contribution in [2.75, 3.05) is 56.9 Å². The van der Waals surface area contributed by atoms with Gasteiger partial charge in [-0.2, -0.15) is 0 Å². The lowest BCUT2D eigenvalue weighted by atomic mass is 9.97. The molecule has 2 heterocycles. The van der Waals surface area contributed by atoms with E-state index in [1.165, 1.54) is 0 Å². The average Bonchev–Trinajstić information content (AvgIpc) is 3.29. The first-order chi connectivity index (χ1) is 19.4. The maximum atomic E-state index is 13.2. The van der Waals surface area contributed by atoms with Crippen molar-refractivity contribution in [3.63, 3.8) is 0 Å². The quantitative estimate of drug-likeness (QED) is 0.216. The summed E-state index contributed by atoms with van der Waals surface area (Å²) in [5.74, 6) is -0.339. The van der Waals surface area contributed by atoms with Crippen molar-refractivity contribution in [3.05, 3.63) is 94.5 Å². The number of carbonyl (C=O) groups excluding carboxylic acids is 3. The number of benzene rings is 3. The molecule has 3 aromatic carbocycles. The highest BCUT2D eigenvalue weighted by molar-refractivity contribution is 6.37. The highest BCUT2D eigenvalue weighted by Gasteiger charge is 2.29. The first-order valence-electron chi connectivity index (χ1n) is 13.7. The van der Waals surface area contributed by atoms with Crippen LogP contribution in [0.4, 0.5) is 11.4 Å². The number of rotatable bonds is 9. The Kier molecular flexibility index (Phi) is 8.38. The second-order valence-electron chi connectivity index (χ2n) is 10.4. The number of amides is 2. The van der Waals surface area contributed by atoms with Gasteiger partial charge >= 0.3 is 0 Å². The zero-order valence-electron chi connectivity index (χ0n) is 23.0. The molecule has 0 aliphatic carbocycles. The van der Waals surface area contributed by atoms with Gasteiger partial charge in [-0.3, -0.25) is 14.4 Å². The van der Waals surface area contributed by atoms with Gasteiger partial charge in [0.2, 0.25) is 0 Å². The number of aldehydes is 1. The van der Waals surface area contributed by atoms with Crippen molar-refractivity contribution >= 4 is 40.7 Å². The van der Waals surface area contributed by atoms with Gasteiger partial charge in [0.1, 0.15) is 6.29 Å². The van der Waals surface area contributed by atoms with E-state index in [1.807, 2.05) is 55.5 Å². The summed E-state index contributed by atoms with van der Waals surface area (Å²) in [6.07, 6.45) is 1.71. The van der Waals surface area contributed by atoms with Crippen LogP contribution in [0.15, 0.2) is 66.7 Å². The molecule has 206 valence electrons. The van der Waals surface area contributed by atoms with E-state index in [4.69, 9.17) is 0 Å². The van der Waals surface area contributed by atoms with E-state index >= 15 is 0 Å². The first kappa shape index (κ1) is 27.3. The lowest BCUT2D eigenvalue weighted by Gasteiger charge is -2.32. The van der Waals surface area contributed by atoms with Gasteiger partial charge in [-0.15, -0.1) is 0 Å². The van der Waals surface area contributed by atoms with Gasteiger partial charge in [0.25, 0.3) is 11.8 Å². The maximum Gasteiger partial charge on any atom is 0.258 e. The van der Waals surface area contributed by atoms with E-state index in [0.29, 0.717) is 34.6 Å². The summed E-state index contributed by atoms with van der Waals surface area (Å²) in [6.45, 7) is 7.81. The normalized spacial score (nSPS) is 16.7. The molecule has 0 spiro atoms. The Balaban J connectivity index is 1.30. The summed E-state index contributed by atoms with van der Waals surface area (Å²) >= 11 is 0. The maximum absolute atomic E-state index is 13.2. The molecule has 0 radical (unpaired) electrons. The van der Waals surface area contributed by atoms with Crippen molar-refractivity contribution in [1.82, 2.24) is 15.1 Å². The number of piperazine rings is 1. The molecule has 5 rings (SSSR count). The number of likely N-dealkylation sites (N-methyl/N-ethyl adjacent to an activating group) is 1. The van der Waals surface area contributed by atoms with Crippen molar-refractivity contribution in [1.29, 1.82) is 0 Å². The Hall–Kier alpha value is -4.27. The van der Waals surface area contributed by atoms with Crippen molar-refractivity contribution in [2.24, 2.45) is 0 Å². The molecule has 0 bridgehead atoms. The van der Waals surface area contributed by atoms with Crippen molar-refractivity contribution < 1.29 is 14.4 Å². The highest BCUT2D eigenvalue weighted by Crippen LogP contribution is 2.38. The molecule has 8 nitrogen and oxygen atoms in total. The summed E-state index contributed by atoms with van der Waals surface area (Å²) in [6, 6.07) is 20.5. The topological polar surface area (TPSA) is 93.8 Å². The van der Waals surface area contributed by atoms with E-state index in [9.17, 15) is 14.4 Å². The number of carbonyl (C=O) groups is 3. The molecule has 1 saturated heterocycles. The zero-order chi connectivity index (χ0) is 28.1. The minimum atomic E-state index is -0.239. The molecule has 40 heavy (non-hydrogen) atoms. The standard InChI is InChI=1S/C32H35N5O3/c1-22-19-27-28(20-25(22)21-38)35-32(40)29(27)30(23-7-4-3-5-8-23)34-26-11-9-24(10-12-26)31(39)33-13-6-14-37-17-15-36(2)16-18-37/h3-5,7-12,19-21,34H,6,13-18H2,1-2H3,(H,33,39)(H,35,40)/b30-29-. The fraction of sp³-hybridized carbons (Fsp3) is 0.281. The van der Waals surface area contributed by atoms with E-state index in [2.05, 4.69) is 32.8 Å². The van der Waals surface area contributed by atoms with Crippen LogP contribution in [0.2, 0.25) is 0 Å². The molecule has 0 aromatic heterocycles. The van der Waals surface area contributed by atoms with Crippen LogP contribution in [0.3, 0.4) is 0 Å². The number of hydrogen-bond donors (Lipinski definition) is 3. The summed E-state index contributed by atoms with van der Waals surface area (Å²) in [5, 5.41) is 9.35. The number of nitrogens with zero attached hydrogens (tertiary/aromatic N) is 2. The number of anilines is 2. The second-order valence-corrected chi connectivity index (χ2v) is 10.4. The van der Waals surface area contributed by atoms with E-state index in [0.717, 1.165) is 67.8 Å². The molecule has 8 heteroatoms.